The SMILES string of the molecule is O=S(=O)(Nc1ncns1)c1cc(Cl)c(NCCCCN2C[C@H]3CCCN[C@H]3C2)cc1F. The van der Waals surface area contributed by atoms with Gasteiger partial charge in [-0.25, -0.2) is 17.8 Å². The number of hydrogen-bond acceptors (Lipinski definition) is 8. The molecule has 4 rings (SSSR count). The van der Waals surface area contributed by atoms with E-state index in [1.165, 1.54) is 25.7 Å². The molecule has 0 saturated carbocycles. The van der Waals surface area contributed by atoms with Gasteiger partial charge in [0.2, 0.25) is 5.13 Å². The third-order valence-electron chi connectivity index (χ3n) is 5.79. The van der Waals surface area contributed by atoms with Crippen LogP contribution in [-0.4, -0.2) is 61.4 Å². The highest BCUT2D eigenvalue weighted by Crippen LogP contribution is 2.29. The Bertz CT molecular complexity index is 978. The molecule has 2 aliphatic heterocycles. The number of rotatable bonds is 9. The lowest BCUT2D eigenvalue weighted by Gasteiger charge is -2.24. The van der Waals surface area contributed by atoms with Crippen LogP contribution in [0.5, 0.6) is 0 Å². The number of nitrogens with one attached hydrogen (secondary N) is 3. The fraction of sp³-hybridized carbons (Fsp3) is 0.579. The maximum Gasteiger partial charge on any atom is 0.266 e. The van der Waals surface area contributed by atoms with E-state index in [4.69, 9.17) is 11.6 Å². The summed E-state index contributed by atoms with van der Waals surface area (Å²) in [6, 6.07) is 2.87. The van der Waals surface area contributed by atoms with Crippen LogP contribution in [0.3, 0.4) is 0 Å². The minimum absolute atomic E-state index is 0.0609. The molecule has 12 heteroatoms. The summed E-state index contributed by atoms with van der Waals surface area (Å²) in [5, 5.41) is 6.94. The Labute approximate surface area is 190 Å². The lowest BCUT2D eigenvalue weighted by molar-refractivity contribution is 0.314. The van der Waals surface area contributed by atoms with Crippen LogP contribution in [-0.2, 0) is 10.0 Å². The topological polar surface area (TPSA) is 99.2 Å². The summed E-state index contributed by atoms with van der Waals surface area (Å²) in [7, 11) is -4.14. The molecule has 3 heterocycles. The molecule has 0 amide bonds. The molecule has 1 aromatic carbocycles. The van der Waals surface area contributed by atoms with Crippen molar-refractivity contribution in [2.45, 2.75) is 36.6 Å². The third-order valence-corrected chi connectivity index (χ3v) is 8.16. The van der Waals surface area contributed by atoms with Crippen molar-refractivity contribution in [1.29, 1.82) is 0 Å². The molecule has 2 saturated heterocycles. The van der Waals surface area contributed by atoms with Crippen molar-refractivity contribution in [3.63, 3.8) is 0 Å². The van der Waals surface area contributed by atoms with E-state index in [1.54, 1.807) is 0 Å². The lowest BCUT2D eigenvalue weighted by atomic mass is 9.94. The average Bonchev–Trinajstić information content (AvgIpc) is 3.38. The number of benzene rings is 1. The number of fused-ring (bicyclic) bond motifs is 1. The quantitative estimate of drug-likeness (QED) is 0.466. The normalized spacial score (nSPS) is 21.7. The molecule has 31 heavy (non-hydrogen) atoms. The number of hydrogen-bond donors (Lipinski definition) is 3. The van der Waals surface area contributed by atoms with Crippen LogP contribution in [0, 0.1) is 11.7 Å². The lowest BCUT2D eigenvalue weighted by Crippen LogP contribution is -2.40. The van der Waals surface area contributed by atoms with Crippen molar-refractivity contribution < 1.29 is 12.8 Å². The van der Waals surface area contributed by atoms with Crippen molar-refractivity contribution in [2.75, 3.05) is 42.8 Å². The van der Waals surface area contributed by atoms with Crippen molar-refractivity contribution in [3.8, 4) is 0 Å². The maximum atomic E-state index is 14.5. The van der Waals surface area contributed by atoms with Crippen LogP contribution in [0.25, 0.3) is 0 Å². The molecule has 2 aromatic rings. The summed E-state index contributed by atoms with van der Waals surface area (Å²) < 4.78 is 45.2. The van der Waals surface area contributed by atoms with Crippen molar-refractivity contribution in [1.82, 2.24) is 19.6 Å². The first kappa shape index (κ1) is 22.7. The molecule has 2 aliphatic rings. The van der Waals surface area contributed by atoms with Gasteiger partial charge in [-0.05, 0) is 56.8 Å². The molecule has 2 fully saturated rings. The second-order valence-electron chi connectivity index (χ2n) is 7.97. The second kappa shape index (κ2) is 9.95. The smallest absolute Gasteiger partial charge is 0.266 e. The molecule has 0 radical (unpaired) electrons. The zero-order chi connectivity index (χ0) is 21.8. The Morgan fingerprint density at radius 2 is 2.19 bits per heavy atom. The molecule has 8 nitrogen and oxygen atoms in total. The van der Waals surface area contributed by atoms with Gasteiger partial charge in [-0.2, -0.15) is 4.37 Å². The zero-order valence-corrected chi connectivity index (χ0v) is 19.4. The number of piperidine rings is 1. The summed E-state index contributed by atoms with van der Waals surface area (Å²) >= 11 is 7.08. The molecule has 3 N–H and O–H groups in total. The van der Waals surface area contributed by atoms with Gasteiger partial charge in [-0.3, -0.25) is 4.72 Å². The first-order valence-electron chi connectivity index (χ1n) is 10.4. The highest BCUT2D eigenvalue weighted by Gasteiger charge is 2.33. The summed E-state index contributed by atoms with van der Waals surface area (Å²) in [5.74, 6) is -0.0964. The Hall–Kier alpha value is -1.53. The Morgan fingerprint density at radius 3 is 2.97 bits per heavy atom. The van der Waals surface area contributed by atoms with Gasteiger partial charge in [0, 0.05) is 37.2 Å². The second-order valence-corrected chi connectivity index (χ2v) is 10.8. The van der Waals surface area contributed by atoms with Gasteiger partial charge < -0.3 is 15.5 Å². The van der Waals surface area contributed by atoms with Gasteiger partial charge >= 0.3 is 0 Å². The number of aromatic nitrogens is 2. The molecule has 170 valence electrons. The van der Waals surface area contributed by atoms with Crippen LogP contribution in [0.4, 0.5) is 15.2 Å². The van der Waals surface area contributed by atoms with Crippen LogP contribution in [0.2, 0.25) is 5.02 Å². The van der Waals surface area contributed by atoms with E-state index in [0.29, 0.717) is 18.3 Å². The number of nitrogens with zero attached hydrogens (tertiary/aromatic N) is 3. The Morgan fingerprint density at radius 1 is 1.32 bits per heavy atom. The van der Waals surface area contributed by atoms with E-state index in [0.717, 1.165) is 62.1 Å². The predicted molar refractivity (Wildman–Crippen MR) is 121 cm³/mol. The Balaban J connectivity index is 1.26. The van der Waals surface area contributed by atoms with Crippen molar-refractivity contribution in [2.24, 2.45) is 5.92 Å². The van der Waals surface area contributed by atoms with Crippen LogP contribution in [0.15, 0.2) is 23.4 Å². The van der Waals surface area contributed by atoms with E-state index in [9.17, 15) is 12.8 Å². The molecule has 1 aromatic heterocycles. The number of sulfonamides is 1. The Kier molecular flexibility index (Phi) is 7.27. The van der Waals surface area contributed by atoms with Gasteiger partial charge in [0.25, 0.3) is 10.0 Å². The van der Waals surface area contributed by atoms with E-state index >= 15 is 0 Å². The summed E-state index contributed by atoms with van der Waals surface area (Å²) in [6.07, 6.45) is 5.75. The monoisotopic (exact) mass is 488 g/mol. The van der Waals surface area contributed by atoms with Gasteiger partial charge in [0.15, 0.2) is 0 Å². The number of unbranched alkanes of at least 4 members (excludes halogenated alkanes) is 1. The van der Waals surface area contributed by atoms with Crippen molar-refractivity contribution in [3.05, 3.63) is 29.3 Å². The van der Waals surface area contributed by atoms with E-state index in [1.807, 2.05) is 0 Å². The third kappa shape index (κ3) is 5.64. The highest BCUT2D eigenvalue weighted by molar-refractivity contribution is 7.93. The standard InChI is InChI=1S/C19H26ClFN6O2S2/c20-14-8-18(31(28,29)26-19-24-12-25-30-19)15(21)9-16(14)22-5-1-2-7-27-10-13-4-3-6-23-17(13)11-27/h8-9,12-13,17,22-23H,1-7,10-11H2,(H,24,25,26)/t13-,17+/m1/s1. The molecular formula is C19H26ClFN6O2S2. The van der Waals surface area contributed by atoms with Crippen LogP contribution < -0.4 is 15.4 Å². The molecule has 2 atom stereocenters. The molecule has 0 spiro atoms. The fourth-order valence-electron chi connectivity index (χ4n) is 4.26. The van der Waals surface area contributed by atoms with Crippen LogP contribution >= 0.6 is 23.1 Å². The van der Waals surface area contributed by atoms with Gasteiger partial charge in [0.05, 0.1) is 10.7 Å². The van der Waals surface area contributed by atoms with Gasteiger partial charge in [-0.15, -0.1) is 0 Å². The minimum Gasteiger partial charge on any atom is -0.384 e. The van der Waals surface area contributed by atoms with Gasteiger partial charge in [0.1, 0.15) is 17.0 Å². The molecular weight excluding hydrogens is 463 g/mol. The maximum absolute atomic E-state index is 14.5. The fourth-order valence-corrected chi connectivity index (χ4v) is 6.30. The summed E-state index contributed by atoms with van der Waals surface area (Å²) in [6.45, 7) is 5.11. The highest BCUT2D eigenvalue weighted by atomic mass is 35.5. The molecule has 0 unspecified atom stereocenters. The first-order chi connectivity index (χ1) is 14.9. The molecule has 0 bridgehead atoms. The number of likely N-dealkylation sites (tertiary alicyclic amines) is 1. The largest absolute Gasteiger partial charge is 0.384 e. The minimum atomic E-state index is -4.14. The summed E-state index contributed by atoms with van der Waals surface area (Å²) in [5.41, 5.74) is 0.380. The zero-order valence-electron chi connectivity index (χ0n) is 17.0. The predicted octanol–water partition coefficient (Wildman–Crippen LogP) is 3.01. The molecule has 0 aliphatic carbocycles. The van der Waals surface area contributed by atoms with Crippen LogP contribution in [0.1, 0.15) is 25.7 Å². The first-order valence-corrected chi connectivity index (χ1v) is 13.0. The average molecular weight is 489 g/mol. The number of halogens is 2. The van der Waals surface area contributed by atoms with E-state index < -0.39 is 20.7 Å². The van der Waals surface area contributed by atoms with E-state index in [-0.39, 0.29) is 10.2 Å². The number of anilines is 2. The van der Waals surface area contributed by atoms with Crippen molar-refractivity contribution >= 4 is 44.0 Å². The summed E-state index contributed by atoms with van der Waals surface area (Å²) in [4.78, 5) is 5.74. The van der Waals surface area contributed by atoms with E-state index in [2.05, 4.69) is 29.6 Å². The van der Waals surface area contributed by atoms with Gasteiger partial charge in [-0.1, -0.05) is 11.6 Å².